The van der Waals surface area contributed by atoms with Crippen LogP contribution in [0.4, 0.5) is 10.5 Å². The van der Waals surface area contributed by atoms with Gasteiger partial charge in [-0.2, -0.15) is 10.2 Å². The molecule has 0 radical (unpaired) electrons. The molecule has 11 nitrogen and oxygen atoms in total. The average Bonchev–Trinajstić information content (AvgIpc) is 3.62. The third-order valence-corrected chi connectivity index (χ3v) is 6.77. The molecular weight excluding hydrogens is 517 g/mol. The standard InChI is InChI=1S/C24H21Cl2N9O2/c1-12(21-16(25)7-27-8-17(21)26)37-14-3-4-18-15(5-14)22(33-32-18)23-30-19-10-35(11-20(19)31-23)24(36)29-13-6-28-34(2)9-13/h3-9,12H,10-11H2,1-2H3,(H,29,36)(H,30,31)(H,32,33)/t12-/m1/s1. The summed E-state index contributed by atoms with van der Waals surface area (Å²) in [4.78, 5) is 26.4. The number of H-pyrrole nitrogens is 2. The van der Waals surface area contributed by atoms with Crippen molar-refractivity contribution in [3.8, 4) is 17.3 Å². The highest BCUT2D eigenvalue weighted by Gasteiger charge is 2.28. The van der Waals surface area contributed by atoms with E-state index in [4.69, 9.17) is 32.9 Å². The molecule has 1 aliphatic heterocycles. The smallest absolute Gasteiger partial charge is 0.322 e. The molecule has 13 heteroatoms. The van der Waals surface area contributed by atoms with E-state index in [9.17, 15) is 4.79 Å². The number of pyridine rings is 1. The summed E-state index contributed by atoms with van der Waals surface area (Å²) in [5.41, 5.74) is 4.48. The van der Waals surface area contributed by atoms with Crippen LogP contribution in [0.3, 0.4) is 0 Å². The maximum Gasteiger partial charge on any atom is 0.322 e. The van der Waals surface area contributed by atoms with Gasteiger partial charge in [0.25, 0.3) is 0 Å². The van der Waals surface area contributed by atoms with E-state index in [0.29, 0.717) is 51.7 Å². The van der Waals surface area contributed by atoms with Gasteiger partial charge >= 0.3 is 6.03 Å². The van der Waals surface area contributed by atoms with Crippen LogP contribution in [0.1, 0.15) is 30.0 Å². The Labute approximate surface area is 220 Å². The molecule has 0 bridgehead atoms. The number of nitrogens with one attached hydrogen (secondary N) is 3. The zero-order chi connectivity index (χ0) is 25.7. The lowest BCUT2D eigenvalue weighted by atomic mass is 10.1. The summed E-state index contributed by atoms with van der Waals surface area (Å²) in [6.07, 6.45) is 6.03. The van der Waals surface area contributed by atoms with E-state index in [1.807, 2.05) is 25.1 Å². The number of hydrogen-bond donors (Lipinski definition) is 3. The molecule has 5 heterocycles. The molecule has 0 aliphatic carbocycles. The highest BCUT2D eigenvalue weighted by atomic mass is 35.5. The van der Waals surface area contributed by atoms with Crippen molar-refractivity contribution in [2.24, 2.45) is 7.05 Å². The van der Waals surface area contributed by atoms with Gasteiger partial charge < -0.3 is 19.9 Å². The van der Waals surface area contributed by atoms with Crippen molar-refractivity contribution in [2.45, 2.75) is 26.1 Å². The summed E-state index contributed by atoms with van der Waals surface area (Å²) >= 11 is 12.6. The van der Waals surface area contributed by atoms with Crippen molar-refractivity contribution in [2.75, 3.05) is 5.32 Å². The number of fused-ring (bicyclic) bond motifs is 2. The molecule has 6 rings (SSSR count). The lowest BCUT2D eigenvalue weighted by Gasteiger charge is -2.17. The molecule has 4 aromatic heterocycles. The maximum atomic E-state index is 12.6. The second kappa shape index (κ2) is 9.09. The fourth-order valence-electron chi connectivity index (χ4n) is 4.40. The molecule has 1 aliphatic rings. The summed E-state index contributed by atoms with van der Waals surface area (Å²) in [6, 6.07) is 5.43. The second-order valence-electron chi connectivity index (χ2n) is 8.76. The van der Waals surface area contributed by atoms with Gasteiger partial charge in [0.15, 0.2) is 5.82 Å². The van der Waals surface area contributed by atoms with Crippen molar-refractivity contribution in [3.05, 3.63) is 70.0 Å². The van der Waals surface area contributed by atoms with Crippen LogP contribution in [-0.4, -0.2) is 45.9 Å². The Balaban J connectivity index is 1.21. The van der Waals surface area contributed by atoms with Crippen LogP contribution in [0.15, 0.2) is 43.0 Å². The van der Waals surface area contributed by atoms with Crippen molar-refractivity contribution in [1.82, 2.24) is 39.8 Å². The number of imidazole rings is 1. The number of rotatable bonds is 5. The summed E-state index contributed by atoms with van der Waals surface area (Å²) in [5, 5.41) is 16.2. The Morgan fingerprint density at radius 3 is 2.73 bits per heavy atom. The number of carbonyl (C=O) groups excluding carboxylic acids is 1. The van der Waals surface area contributed by atoms with Gasteiger partial charge in [-0.15, -0.1) is 0 Å². The second-order valence-corrected chi connectivity index (χ2v) is 9.57. The number of aryl methyl sites for hydroxylation is 1. The van der Waals surface area contributed by atoms with Gasteiger partial charge in [0.05, 0.1) is 51.9 Å². The van der Waals surface area contributed by atoms with E-state index in [0.717, 1.165) is 22.3 Å². The Bertz CT molecular complexity index is 1600. The molecular formula is C24H21Cl2N9O2. The number of ether oxygens (including phenoxy) is 1. The maximum absolute atomic E-state index is 12.6. The minimum Gasteiger partial charge on any atom is -0.486 e. The number of nitrogens with zero attached hydrogens (tertiary/aromatic N) is 6. The number of aromatic amines is 2. The number of amides is 2. The molecule has 37 heavy (non-hydrogen) atoms. The number of carbonyl (C=O) groups is 1. The molecule has 0 fully saturated rings. The Morgan fingerprint density at radius 1 is 1.19 bits per heavy atom. The number of urea groups is 1. The van der Waals surface area contributed by atoms with Gasteiger partial charge in [-0.3, -0.25) is 14.8 Å². The van der Waals surface area contributed by atoms with E-state index in [1.54, 1.807) is 41.4 Å². The first-order valence-electron chi connectivity index (χ1n) is 11.4. The number of anilines is 1. The van der Waals surface area contributed by atoms with E-state index in [1.165, 1.54) is 0 Å². The van der Waals surface area contributed by atoms with Gasteiger partial charge in [-0.05, 0) is 25.1 Å². The van der Waals surface area contributed by atoms with Crippen LogP contribution in [0.2, 0.25) is 10.0 Å². The largest absolute Gasteiger partial charge is 0.486 e. The van der Waals surface area contributed by atoms with Crippen molar-refractivity contribution >= 4 is 45.8 Å². The van der Waals surface area contributed by atoms with Crippen LogP contribution >= 0.6 is 23.2 Å². The van der Waals surface area contributed by atoms with Crippen molar-refractivity contribution in [1.29, 1.82) is 0 Å². The normalized spacial score (nSPS) is 13.7. The zero-order valence-corrected chi connectivity index (χ0v) is 21.3. The highest BCUT2D eigenvalue weighted by molar-refractivity contribution is 6.35. The third kappa shape index (κ3) is 4.36. The number of benzene rings is 1. The van der Waals surface area contributed by atoms with E-state index in [-0.39, 0.29) is 6.03 Å². The van der Waals surface area contributed by atoms with Gasteiger partial charge in [0.1, 0.15) is 17.5 Å². The molecule has 1 aromatic carbocycles. The number of halogens is 2. The average molecular weight is 538 g/mol. The first-order valence-corrected chi connectivity index (χ1v) is 12.2. The molecule has 0 saturated carbocycles. The fourth-order valence-corrected chi connectivity index (χ4v) is 5.07. The fraction of sp³-hybridized carbons (Fsp3) is 0.208. The van der Waals surface area contributed by atoms with Gasteiger partial charge in [-0.25, -0.2) is 9.78 Å². The Kier molecular flexibility index (Phi) is 5.73. The van der Waals surface area contributed by atoms with Gasteiger partial charge in [0.2, 0.25) is 0 Å². The minimum absolute atomic E-state index is 0.212. The van der Waals surface area contributed by atoms with Crippen LogP contribution in [0.5, 0.6) is 5.75 Å². The first kappa shape index (κ1) is 23.3. The van der Waals surface area contributed by atoms with Crippen molar-refractivity contribution < 1.29 is 9.53 Å². The summed E-state index contributed by atoms with van der Waals surface area (Å²) in [7, 11) is 1.79. The monoisotopic (exact) mass is 537 g/mol. The lowest BCUT2D eigenvalue weighted by molar-refractivity contribution is 0.212. The first-order chi connectivity index (χ1) is 17.9. The Morgan fingerprint density at radius 2 is 2.00 bits per heavy atom. The molecule has 1 atom stereocenters. The van der Waals surface area contributed by atoms with Crippen LogP contribution < -0.4 is 10.1 Å². The van der Waals surface area contributed by atoms with Gasteiger partial charge in [0, 0.05) is 36.6 Å². The molecule has 0 unspecified atom stereocenters. The summed E-state index contributed by atoms with van der Waals surface area (Å²) < 4.78 is 7.79. The topological polar surface area (TPSA) is 130 Å². The van der Waals surface area contributed by atoms with E-state index in [2.05, 4.69) is 30.6 Å². The molecule has 188 valence electrons. The molecule has 3 N–H and O–H groups in total. The predicted octanol–water partition coefficient (Wildman–Crippen LogP) is 5.08. The summed E-state index contributed by atoms with van der Waals surface area (Å²) in [5.74, 6) is 1.25. The molecule has 0 spiro atoms. The molecule has 5 aromatic rings. The summed E-state index contributed by atoms with van der Waals surface area (Å²) in [6.45, 7) is 2.68. The van der Waals surface area contributed by atoms with Crippen LogP contribution in [-0.2, 0) is 20.1 Å². The highest BCUT2D eigenvalue weighted by Crippen LogP contribution is 2.35. The zero-order valence-electron chi connectivity index (χ0n) is 19.8. The van der Waals surface area contributed by atoms with Crippen LogP contribution in [0, 0.1) is 0 Å². The minimum atomic E-state index is -0.396. The SMILES string of the molecule is C[C@@H](Oc1ccc2[nH]nc(-c3nc4c([nH]3)CN(C(=O)Nc3cnn(C)c3)C4)c2c1)c1c(Cl)cncc1Cl. The molecule has 0 saturated heterocycles. The Hall–Kier alpha value is -4.09. The van der Waals surface area contributed by atoms with Gasteiger partial charge in [-0.1, -0.05) is 23.2 Å². The quantitative estimate of drug-likeness (QED) is 0.286. The lowest BCUT2D eigenvalue weighted by Crippen LogP contribution is -2.30. The number of aromatic nitrogens is 7. The van der Waals surface area contributed by atoms with E-state index >= 15 is 0 Å². The molecule has 2 amide bonds. The number of hydrogen-bond acceptors (Lipinski definition) is 6. The van der Waals surface area contributed by atoms with Crippen LogP contribution in [0.25, 0.3) is 22.4 Å². The van der Waals surface area contributed by atoms with Crippen molar-refractivity contribution in [3.63, 3.8) is 0 Å². The van der Waals surface area contributed by atoms with E-state index < -0.39 is 6.10 Å². The third-order valence-electron chi connectivity index (χ3n) is 6.17. The predicted molar refractivity (Wildman–Crippen MR) is 138 cm³/mol.